The third-order valence-corrected chi connectivity index (χ3v) is 3.88. The van der Waals surface area contributed by atoms with Gasteiger partial charge in [-0.2, -0.15) is 0 Å². The average Bonchev–Trinajstić information content (AvgIpc) is 3.15. The Morgan fingerprint density at radius 1 is 1.22 bits per heavy atom. The van der Waals surface area contributed by atoms with Gasteiger partial charge in [0, 0.05) is 12.1 Å². The molecule has 2 aromatic carbocycles. The first-order chi connectivity index (χ1) is 13.0. The number of amides is 1. The van der Waals surface area contributed by atoms with E-state index in [1.807, 2.05) is 13.8 Å². The predicted octanol–water partition coefficient (Wildman–Crippen LogP) is 2.90. The normalized spacial score (nSPS) is 10.8. The van der Waals surface area contributed by atoms with E-state index in [4.69, 9.17) is 4.74 Å². The van der Waals surface area contributed by atoms with Gasteiger partial charge in [-0.05, 0) is 60.2 Å². The van der Waals surface area contributed by atoms with Crippen molar-refractivity contribution in [3.63, 3.8) is 0 Å². The number of nitrogens with zero attached hydrogens (tertiary/aromatic N) is 4. The van der Waals surface area contributed by atoms with E-state index >= 15 is 0 Å². The molecule has 1 aromatic heterocycles. The molecule has 0 saturated carbocycles. The van der Waals surface area contributed by atoms with E-state index in [1.54, 1.807) is 41.1 Å². The smallest absolute Gasteiger partial charge is 0.251 e. The second kappa shape index (κ2) is 8.39. The van der Waals surface area contributed by atoms with Gasteiger partial charge in [-0.1, -0.05) is 18.2 Å². The number of hydrogen-bond acceptors (Lipinski definition) is 5. The van der Waals surface area contributed by atoms with Crippen LogP contribution in [-0.4, -0.2) is 26.1 Å². The molecule has 140 valence electrons. The van der Waals surface area contributed by atoms with Gasteiger partial charge in [0.15, 0.2) is 5.82 Å². The topological polar surface area (TPSA) is 81.9 Å². The van der Waals surface area contributed by atoms with Crippen LogP contribution in [-0.2, 0) is 13.2 Å². The zero-order valence-electron chi connectivity index (χ0n) is 15.1. The van der Waals surface area contributed by atoms with Gasteiger partial charge in [-0.3, -0.25) is 4.79 Å². The van der Waals surface area contributed by atoms with Crippen LogP contribution in [0.2, 0.25) is 0 Å². The van der Waals surface area contributed by atoms with Crippen molar-refractivity contribution in [1.29, 1.82) is 0 Å². The zero-order valence-corrected chi connectivity index (χ0v) is 15.1. The van der Waals surface area contributed by atoms with Crippen molar-refractivity contribution in [2.24, 2.45) is 0 Å². The number of hydrogen-bond donors (Lipinski definition) is 1. The first kappa shape index (κ1) is 18.5. The van der Waals surface area contributed by atoms with Gasteiger partial charge in [0.25, 0.3) is 5.91 Å². The van der Waals surface area contributed by atoms with Crippen molar-refractivity contribution >= 4 is 5.91 Å². The number of tetrazole rings is 1. The molecule has 0 bridgehead atoms. The van der Waals surface area contributed by atoms with Crippen LogP contribution in [0.15, 0.2) is 48.5 Å². The van der Waals surface area contributed by atoms with Crippen molar-refractivity contribution in [2.45, 2.75) is 33.0 Å². The molecule has 0 radical (unpaired) electrons. The quantitative estimate of drug-likeness (QED) is 0.692. The SMILES string of the molecule is CC(C)n1nnnc1COc1cccc(C(=O)NCc2ccc(F)cc2)c1. The third kappa shape index (κ3) is 4.87. The number of aromatic nitrogens is 4. The molecule has 0 spiro atoms. The van der Waals surface area contributed by atoms with E-state index < -0.39 is 0 Å². The maximum Gasteiger partial charge on any atom is 0.251 e. The monoisotopic (exact) mass is 369 g/mol. The molecular formula is C19H20FN5O2. The van der Waals surface area contributed by atoms with Gasteiger partial charge >= 0.3 is 0 Å². The Balaban J connectivity index is 1.60. The second-order valence-electron chi connectivity index (χ2n) is 6.26. The Bertz CT molecular complexity index is 908. The Morgan fingerprint density at radius 2 is 2.00 bits per heavy atom. The Morgan fingerprint density at radius 3 is 2.74 bits per heavy atom. The molecule has 0 aliphatic heterocycles. The highest BCUT2D eigenvalue weighted by Gasteiger charge is 2.11. The predicted molar refractivity (Wildman–Crippen MR) is 96.5 cm³/mol. The number of nitrogens with one attached hydrogen (secondary N) is 1. The Labute approximate surface area is 156 Å². The van der Waals surface area contributed by atoms with Crippen LogP contribution >= 0.6 is 0 Å². The number of carbonyl (C=O) groups excluding carboxylic acids is 1. The van der Waals surface area contributed by atoms with E-state index in [2.05, 4.69) is 20.8 Å². The van der Waals surface area contributed by atoms with Crippen molar-refractivity contribution in [1.82, 2.24) is 25.5 Å². The van der Waals surface area contributed by atoms with Crippen LogP contribution in [0, 0.1) is 5.82 Å². The molecule has 3 rings (SSSR count). The lowest BCUT2D eigenvalue weighted by Crippen LogP contribution is -2.22. The first-order valence-electron chi connectivity index (χ1n) is 8.55. The number of benzene rings is 2. The van der Waals surface area contributed by atoms with Crippen LogP contribution < -0.4 is 10.1 Å². The summed E-state index contributed by atoms with van der Waals surface area (Å²) in [4.78, 5) is 12.3. The summed E-state index contributed by atoms with van der Waals surface area (Å²) in [5.74, 6) is 0.606. The Hall–Kier alpha value is -3.29. The summed E-state index contributed by atoms with van der Waals surface area (Å²) in [5, 5.41) is 14.3. The number of rotatable bonds is 7. The summed E-state index contributed by atoms with van der Waals surface area (Å²) in [7, 11) is 0. The molecule has 8 heteroatoms. The van der Waals surface area contributed by atoms with Crippen LogP contribution in [0.25, 0.3) is 0 Å². The van der Waals surface area contributed by atoms with E-state index in [0.29, 0.717) is 23.7 Å². The maximum absolute atomic E-state index is 12.9. The fourth-order valence-corrected chi connectivity index (χ4v) is 2.47. The molecule has 0 aliphatic carbocycles. The van der Waals surface area contributed by atoms with Gasteiger partial charge in [0.2, 0.25) is 0 Å². The van der Waals surface area contributed by atoms with Gasteiger partial charge in [-0.25, -0.2) is 9.07 Å². The summed E-state index contributed by atoms with van der Waals surface area (Å²) >= 11 is 0. The average molecular weight is 369 g/mol. The first-order valence-corrected chi connectivity index (χ1v) is 8.55. The molecule has 0 aliphatic rings. The lowest BCUT2D eigenvalue weighted by Gasteiger charge is -2.10. The molecule has 1 heterocycles. The third-order valence-electron chi connectivity index (χ3n) is 3.88. The minimum Gasteiger partial charge on any atom is -0.486 e. The van der Waals surface area contributed by atoms with Crippen molar-refractivity contribution in [3.8, 4) is 5.75 Å². The second-order valence-corrected chi connectivity index (χ2v) is 6.26. The Kier molecular flexibility index (Phi) is 5.75. The number of carbonyl (C=O) groups is 1. The maximum atomic E-state index is 12.9. The lowest BCUT2D eigenvalue weighted by molar-refractivity contribution is 0.0950. The van der Waals surface area contributed by atoms with Gasteiger partial charge in [-0.15, -0.1) is 5.10 Å². The van der Waals surface area contributed by atoms with E-state index in [9.17, 15) is 9.18 Å². The molecule has 7 nitrogen and oxygen atoms in total. The zero-order chi connectivity index (χ0) is 19.2. The molecule has 27 heavy (non-hydrogen) atoms. The molecule has 0 fully saturated rings. The van der Waals surface area contributed by atoms with Gasteiger partial charge in [0.1, 0.15) is 18.2 Å². The van der Waals surface area contributed by atoms with E-state index in [-0.39, 0.29) is 24.4 Å². The standard InChI is InChI=1S/C19H20FN5O2/c1-13(2)25-18(22-23-24-25)12-27-17-5-3-4-15(10-17)19(26)21-11-14-6-8-16(20)9-7-14/h3-10,13H,11-12H2,1-2H3,(H,21,26). The molecule has 1 N–H and O–H groups in total. The summed E-state index contributed by atoms with van der Waals surface area (Å²) in [6.45, 7) is 4.47. The van der Waals surface area contributed by atoms with Crippen molar-refractivity contribution in [2.75, 3.05) is 0 Å². The highest BCUT2D eigenvalue weighted by molar-refractivity contribution is 5.94. The fourth-order valence-electron chi connectivity index (χ4n) is 2.47. The molecule has 0 unspecified atom stereocenters. The van der Waals surface area contributed by atoms with Crippen LogP contribution in [0.1, 0.15) is 41.6 Å². The number of halogens is 1. The minimum absolute atomic E-state index is 0.127. The van der Waals surface area contributed by atoms with Crippen LogP contribution in [0.4, 0.5) is 4.39 Å². The highest BCUT2D eigenvalue weighted by atomic mass is 19.1. The summed E-state index contributed by atoms with van der Waals surface area (Å²) in [6.07, 6.45) is 0. The molecule has 0 saturated heterocycles. The van der Waals surface area contributed by atoms with Crippen LogP contribution in [0.3, 0.4) is 0 Å². The molecule has 0 atom stereocenters. The minimum atomic E-state index is -0.307. The summed E-state index contributed by atoms with van der Waals surface area (Å²) in [5.41, 5.74) is 1.29. The summed E-state index contributed by atoms with van der Waals surface area (Å²) in [6, 6.07) is 13.0. The van der Waals surface area contributed by atoms with Gasteiger partial charge < -0.3 is 10.1 Å². The molecular weight excluding hydrogens is 349 g/mol. The summed E-state index contributed by atoms with van der Waals surface area (Å²) < 4.78 is 20.3. The van der Waals surface area contributed by atoms with Crippen molar-refractivity contribution in [3.05, 3.63) is 71.3 Å². The lowest BCUT2D eigenvalue weighted by atomic mass is 10.2. The van der Waals surface area contributed by atoms with E-state index in [0.717, 1.165) is 5.56 Å². The fraction of sp³-hybridized carbons (Fsp3) is 0.263. The van der Waals surface area contributed by atoms with Gasteiger partial charge in [0.05, 0.1) is 6.04 Å². The highest BCUT2D eigenvalue weighted by Crippen LogP contribution is 2.15. The molecule has 1 amide bonds. The van der Waals surface area contributed by atoms with Crippen molar-refractivity contribution < 1.29 is 13.9 Å². The van der Waals surface area contributed by atoms with E-state index in [1.165, 1.54) is 12.1 Å². The molecule has 3 aromatic rings. The largest absolute Gasteiger partial charge is 0.486 e. The number of ether oxygens (including phenoxy) is 1. The van der Waals surface area contributed by atoms with Crippen LogP contribution in [0.5, 0.6) is 5.75 Å².